The average Bonchev–Trinajstić information content (AvgIpc) is 3.28. The van der Waals surface area contributed by atoms with Gasteiger partial charge in [-0.3, -0.25) is 14.2 Å². The van der Waals surface area contributed by atoms with Crippen molar-refractivity contribution in [2.45, 2.75) is 6.54 Å². The molecule has 4 aromatic rings. The highest BCUT2D eigenvalue weighted by atomic mass is 16.5. The Kier molecular flexibility index (Phi) is 3.31. The van der Waals surface area contributed by atoms with Crippen LogP contribution in [-0.4, -0.2) is 22.2 Å². The van der Waals surface area contributed by atoms with Crippen molar-refractivity contribution in [1.82, 2.24) is 9.13 Å². The van der Waals surface area contributed by atoms with Crippen molar-refractivity contribution >= 4 is 16.8 Å². The van der Waals surface area contributed by atoms with Gasteiger partial charge in [-0.2, -0.15) is 0 Å². The smallest absolute Gasteiger partial charge is 0.268 e. The molecule has 0 fully saturated rings. The number of hydrogen-bond donors (Lipinski definition) is 0. The molecule has 0 bridgehead atoms. The SMILES string of the molecule is COc1cccc(Cn2c3c(c(=O)c4ccccc42)C(=O)n2cccc2-3)c1. The third-order valence-corrected chi connectivity index (χ3v) is 5.07. The summed E-state index contributed by atoms with van der Waals surface area (Å²) >= 11 is 0. The van der Waals surface area contributed by atoms with Gasteiger partial charge in [-0.1, -0.05) is 24.3 Å². The van der Waals surface area contributed by atoms with Crippen LogP contribution in [0, 0.1) is 0 Å². The van der Waals surface area contributed by atoms with Crippen molar-refractivity contribution in [3.63, 3.8) is 0 Å². The minimum Gasteiger partial charge on any atom is -0.497 e. The summed E-state index contributed by atoms with van der Waals surface area (Å²) in [6.45, 7) is 0.527. The molecule has 5 heteroatoms. The number of benzene rings is 2. The molecule has 2 aromatic carbocycles. The van der Waals surface area contributed by atoms with E-state index in [1.54, 1.807) is 23.9 Å². The lowest BCUT2D eigenvalue weighted by Gasteiger charge is -2.16. The second-order valence-corrected chi connectivity index (χ2v) is 6.58. The number of rotatable bonds is 3. The van der Waals surface area contributed by atoms with Gasteiger partial charge in [-0.25, -0.2) is 0 Å². The highest BCUT2D eigenvalue weighted by molar-refractivity contribution is 6.10. The van der Waals surface area contributed by atoms with E-state index in [9.17, 15) is 9.59 Å². The molecule has 0 radical (unpaired) electrons. The van der Waals surface area contributed by atoms with E-state index in [1.807, 2.05) is 54.6 Å². The minimum absolute atomic E-state index is 0.212. The van der Waals surface area contributed by atoms with Gasteiger partial charge in [-0.05, 0) is 42.0 Å². The Morgan fingerprint density at radius 2 is 1.81 bits per heavy atom. The fourth-order valence-electron chi connectivity index (χ4n) is 3.85. The van der Waals surface area contributed by atoms with Crippen LogP contribution in [0.5, 0.6) is 5.75 Å². The number of para-hydroxylation sites is 1. The van der Waals surface area contributed by atoms with Gasteiger partial charge >= 0.3 is 0 Å². The van der Waals surface area contributed by atoms with Crippen molar-refractivity contribution in [1.29, 1.82) is 0 Å². The zero-order chi connectivity index (χ0) is 18.5. The van der Waals surface area contributed by atoms with Crippen LogP contribution in [0.1, 0.15) is 15.9 Å². The summed E-state index contributed by atoms with van der Waals surface area (Å²) in [6.07, 6.45) is 1.71. The summed E-state index contributed by atoms with van der Waals surface area (Å²) < 4.78 is 8.94. The number of nitrogens with zero attached hydrogens (tertiary/aromatic N) is 2. The molecule has 0 saturated heterocycles. The van der Waals surface area contributed by atoms with Crippen LogP contribution in [0.15, 0.2) is 71.7 Å². The molecule has 5 nitrogen and oxygen atoms in total. The average molecular weight is 356 g/mol. The maximum Gasteiger partial charge on any atom is 0.268 e. The molecule has 3 heterocycles. The first-order valence-electron chi connectivity index (χ1n) is 8.70. The molecule has 1 aliphatic rings. The van der Waals surface area contributed by atoms with Gasteiger partial charge in [0.25, 0.3) is 5.91 Å². The van der Waals surface area contributed by atoms with Crippen molar-refractivity contribution in [2.75, 3.05) is 7.11 Å². The molecule has 0 saturated carbocycles. The fraction of sp³-hybridized carbons (Fsp3) is 0.0909. The van der Waals surface area contributed by atoms with Gasteiger partial charge in [0, 0.05) is 18.1 Å². The fourth-order valence-corrected chi connectivity index (χ4v) is 3.85. The van der Waals surface area contributed by atoms with E-state index < -0.39 is 0 Å². The molecule has 0 aliphatic carbocycles. The Morgan fingerprint density at radius 1 is 0.963 bits per heavy atom. The van der Waals surface area contributed by atoms with Crippen molar-refractivity contribution in [3.05, 3.63) is 88.2 Å². The zero-order valence-electron chi connectivity index (χ0n) is 14.7. The quantitative estimate of drug-likeness (QED) is 0.497. The summed E-state index contributed by atoms with van der Waals surface area (Å²) in [7, 11) is 1.64. The van der Waals surface area contributed by atoms with Gasteiger partial charge in [0.15, 0.2) is 0 Å². The Balaban J connectivity index is 1.84. The molecule has 27 heavy (non-hydrogen) atoms. The Bertz CT molecular complexity index is 1280. The Morgan fingerprint density at radius 3 is 2.67 bits per heavy atom. The Hall–Kier alpha value is -3.60. The van der Waals surface area contributed by atoms with Gasteiger partial charge in [0.1, 0.15) is 11.3 Å². The van der Waals surface area contributed by atoms with Gasteiger partial charge in [0.05, 0.1) is 24.0 Å². The standard InChI is InChI=1S/C22H16N2O3/c1-27-15-7-4-6-14(12-15)13-24-17-9-3-2-8-16(17)21(25)19-20(24)18-10-5-11-23(18)22(19)26/h2-12H,13H2,1H3. The zero-order valence-corrected chi connectivity index (χ0v) is 14.7. The predicted molar refractivity (Wildman–Crippen MR) is 103 cm³/mol. The molecule has 0 amide bonds. The van der Waals surface area contributed by atoms with Crippen molar-refractivity contribution in [3.8, 4) is 17.1 Å². The van der Waals surface area contributed by atoms with E-state index in [-0.39, 0.29) is 16.9 Å². The molecule has 0 N–H and O–H groups in total. The maximum atomic E-state index is 13.0. The van der Waals surface area contributed by atoms with E-state index in [4.69, 9.17) is 4.74 Å². The molecule has 5 rings (SSSR count). The molecule has 2 aromatic heterocycles. The number of fused-ring (bicyclic) bond motifs is 4. The van der Waals surface area contributed by atoms with Crippen LogP contribution in [0.3, 0.4) is 0 Å². The predicted octanol–water partition coefficient (Wildman–Crippen LogP) is 3.53. The lowest BCUT2D eigenvalue weighted by Crippen LogP contribution is -2.20. The number of carbonyl (C=O) groups excluding carboxylic acids is 1. The van der Waals surface area contributed by atoms with Crippen LogP contribution >= 0.6 is 0 Å². The van der Waals surface area contributed by atoms with Crippen LogP contribution in [0.25, 0.3) is 22.3 Å². The topological polar surface area (TPSA) is 53.2 Å². The summed E-state index contributed by atoms with van der Waals surface area (Å²) in [5, 5.41) is 0.554. The molecule has 132 valence electrons. The molecule has 0 spiro atoms. The number of hydrogen-bond acceptors (Lipinski definition) is 3. The number of methoxy groups -OCH3 is 1. The van der Waals surface area contributed by atoms with Gasteiger partial charge < -0.3 is 9.30 Å². The lowest BCUT2D eigenvalue weighted by molar-refractivity contribution is 0.0968. The number of ether oxygens (including phenoxy) is 1. The summed E-state index contributed by atoms with van der Waals surface area (Å²) in [6, 6.07) is 18.9. The second kappa shape index (κ2) is 5.71. The van der Waals surface area contributed by atoms with Gasteiger partial charge in [-0.15, -0.1) is 0 Å². The van der Waals surface area contributed by atoms with E-state index in [1.165, 1.54) is 0 Å². The number of aromatic nitrogens is 2. The van der Waals surface area contributed by atoms with Crippen molar-refractivity contribution in [2.24, 2.45) is 0 Å². The van der Waals surface area contributed by atoms with E-state index >= 15 is 0 Å². The first-order chi connectivity index (χ1) is 13.2. The molecular formula is C22H16N2O3. The second-order valence-electron chi connectivity index (χ2n) is 6.58. The number of pyridine rings is 1. The first-order valence-corrected chi connectivity index (χ1v) is 8.70. The lowest BCUT2D eigenvalue weighted by atomic mass is 10.1. The van der Waals surface area contributed by atoms with E-state index in [2.05, 4.69) is 4.57 Å². The molecule has 0 atom stereocenters. The van der Waals surface area contributed by atoms with Crippen LogP contribution in [-0.2, 0) is 6.54 Å². The highest BCUT2D eigenvalue weighted by Crippen LogP contribution is 2.33. The molecular weight excluding hydrogens is 340 g/mol. The van der Waals surface area contributed by atoms with Crippen LogP contribution in [0.2, 0.25) is 0 Å². The number of carbonyl (C=O) groups is 1. The van der Waals surface area contributed by atoms with E-state index in [0.29, 0.717) is 17.6 Å². The normalized spacial score (nSPS) is 12.3. The third-order valence-electron chi connectivity index (χ3n) is 5.07. The van der Waals surface area contributed by atoms with Gasteiger partial charge in [0.2, 0.25) is 5.43 Å². The summed E-state index contributed by atoms with van der Waals surface area (Å²) in [5.74, 6) is 0.508. The summed E-state index contributed by atoms with van der Waals surface area (Å²) in [5.41, 5.74) is 3.30. The van der Waals surface area contributed by atoms with Crippen molar-refractivity contribution < 1.29 is 9.53 Å². The largest absolute Gasteiger partial charge is 0.497 e. The molecule has 1 aliphatic heterocycles. The first kappa shape index (κ1) is 15.6. The van der Waals surface area contributed by atoms with E-state index in [0.717, 1.165) is 22.5 Å². The summed E-state index contributed by atoms with van der Waals surface area (Å²) in [4.78, 5) is 25.9. The third kappa shape index (κ3) is 2.18. The molecule has 0 unspecified atom stereocenters. The van der Waals surface area contributed by atoms with Crippen LogP contribution in [0.4, 0.5) is 0 Å². The Labute approximate surface area is 155 Å². The minimum atomic E-state index is -0.264. The monoisotopic (exact) mass is 356 g/mol. The highest BCUT2D eigenvalue weighted by Gasteiger charge is 2.32. The maximum absolute atomic E-state index is 13.0. The van der Waals surface area contributed by atoms with Crippen LogP contribution < -0.4 is 10.2 Å².